The molecule has 4 saturated carbocycles. The van der Waals surface area contributed by atoms with E-state index in [4.69, 9.17) is 4.74 Å². The van der Waals surface area contributed by atoms with Gasteiger partial charge in [0.2, 0.25) is 0 Å². The molecule has 1 nitrogen and oxygen atoms in total. The Kier molecular flexibility index (Phi) is 2.30. The molecule has 5 aliphatic carbocycles. The first-order valence-electron chi connectivity index (χ1n) is 9.85. The zero-order valence-electron chi connectivity index (χ0n) is 14.5. The number of hydrogen-bond acceptors (Lipinski definition) is 1. The van der Waals surface area contributed by atoms with Crippen LogP contribution < -0.4 is 4.74 Å². The van der Waals surface area contributed by atoms with Gasteiger partial charge < -0.3 is 4.74 Å². The maximum atomic E-state index is 5.47. The van der Waals surface area contributed by atoms with Gasteiger partial charge in [0, 0.05) is 0 Å². The van der Waals surface area contributed by atoms with Crippen LogP contribution in [0.1, 0.15) is 62.5 Å². The first kappa shape index (κ1) is 13.3. The van der Waals surface area contributed by atoms with Crippen molar-refractivity contribution in [2.75, 3.05) is 7.11 Å². The Morgan fingerprint density at radius 1 is 1.09 bits per heavy atom. The van der Waals surface area contributed by atoms with E-state index >= 15 is 0 Å². The fraction of sp³-hybridized carbons (Fsp3) is 0.727. The second-order valence-electron chi connectivity index (χ2n) is 9.55. The SMILES string of the molecule is COc1ccc2c(c1)CCC1C2CC[C@]2(C)CC3C4CCC12C43. The summed E-state index contributed by atoms with van der Waals surface area (Å²) >= 11 is 0. The molecule has 1 aromatic rings. The molecule has 4 fully saturated rings. The van der Waals surface area contributed by atoms with Gasteiger partial charge in [-0.3, -0.25) is 0 Å². The van der Waals surface area contributed by atoms with Gasteiger partial charge in [-0.1, -0.05) is 13.0 Å². The predicted octanol–water partition coefficient (Wildman–Crippen LogP) is 5.19. The van der Waals surface area contributed by atoms with Crippen LogP contribution in [0.15, 0.2) is 18.2 Å². The Morgan fingerprint density at radius 3 is 2.87 bits per heavy atom. The van der Waals surface area contributed by atoms with Gasteiger partial charge in [0.1, 0.15) is 5.75 Å². The number of benzene rings is 1. The van der Waals surface area contributed by atoms with Gasteiger partial charge in [0.25, 0.3) is 0 Å². The summed E-state index contributed by atoms with van der Waals surface area (Å²) in [5.41, 5.74) is 4.68. The van der Waals surface area contributed by atoms with Gasteiger partial charge in [-0.15, -0.1) is 0 Å². The Bertz CT molecular complexity index is 693. The molecule has 0 heterocycles. The summed E-state index contributed by atoms with van der Waals surface area (Å²) in [7, 11) is 1.79. The third-order valence-corrected chi connectivity index (χ3v) is 9.26. The Hall–Kier alpha value is -0.980. The van der Waals surface area contributed by atoms with Crippen LogP contribution in [-0.2, 0) is 6.42 Å². The van der Waals surface area contributed by atoms with Crippen molar-refractivity contribution in [1.29, 1.82) is 0 Å². The average Bonchev–Trinajstić information content (AvgIpc) is 3.00. The highest BCUT2D eigenvalue weighted by molar-refractivity contribution is 5.42. The van der Waals surface area contributed by atoms with E-state index in [0.29, 0.717) is 5.41 Å². The third-order valence-electron chi connectivity index (χ3n) is 9.26. The van der Waals surface area contributed by atoms with Gasteiger partial charge in [-0.2, -0.15) is 0 Å². The van der Waals surface area contributed by atoms with Crippen LogP contribution in [0.3, 0.4) is 0 Å². The van der Waals surface area contributed by atoms with Crippen LogP contribution in [-0.4, -0.2) is 7.11 Å². The summed E-state index contributed by atoms with van der Waals surface area (Å²) in [6.07, 6.45) is 10.3. The lowest BCUT2D eigenvalue weighted by molar-refractivity contribution is -0.0605. The first-order valence-corrected chi connectivity index (χ1v) is 9.85. The molecule has 6 rings (SSSR count). The average molecular weight is 308 g/mol. The molecule has 1 heteroatoms. The largest absolute Gasteiger partial charge is 0.497 e. The Labute approximate surface area is 139 Å². The second-order valence-corrected chi connectivity index (χ2v) is 9.55. The van der Waals surface area contributed by atoms with Crippen molar-refractivity contribution in [3.63, 3.8) is 0 Å². The molecule has 1 aromatic carbocycles. The van der Waals surface area contributed by atoms with E-state index in [1.165, 1.54) is 25.7 Å². The van der Waals surface area contributed by atoms with Gasteiger partial charge in [-0.25, -0.2) is 0 Å². The van der Waals surface area contributed by atoms with Crippen molar-refractivity contribution in [3.8, 4) is 5.75 Å². The second kappa shape index (κ2) is 3.98. The molecule has 0 bridgehead atoms. The molecule has 6 unspecified atom stereocenters. The normalized spacial score (nSPS) is 51.5. The molecule has 0 amide bonds. The zero-order valence-corrected chi connectivity index (χ0v) is 14.5. The van der Waals surface area contributed by atoms with E-state index in [0.717, 1.165) is 40.8 Å². The highest BCUT2D eigenvalue weighted by Gasteiger charge is 2.79. The van der Waals surface area contributed by atoms with Gasteiger partial charge in [0.05, 0.1) is 7.11 Å². The molecule has 122 valence electrons. The Morgan fingerprint density at radius 2 is 2.00 bits per heavy atom. The van der Waals surface area contributed by atoms with Gasteiger partial charge in [-0.05, 0) is 109 Å². The number of rotatable bonds is 1. The summed E-state index contributed by atoms with van der Waals surface area (Å²) in [5.74, 6) is 6.26. The fourth-order valence-corrected chi connectivity index (χ4v) is 8.55. The molecule has 0 saturated heterocycles. The Balaban J connectivity index is 1.46. The molecular formula is C22H28O. The molecule has 5 aliphatic rings. The minimum atomic E-state index is 0.681. The topological polar surface area (TPSA) is 9.23 Å². The lowest BCUT2D eigenvalue weighted by Crippen LogP contribution is -2.50. The van der Waals surface area contributed by atoms with Crippen molar-refractivity contribution in [3.05, 3.63) is 29.3 Å². The van der Waals surface area contributed by atoms with E-state index in [-0.39, 0.29) is 0 Å². The highest BCUT2D eigenvalue weighted by atomic mass is 16.5. The lowest BCUT2D eigenvalue weighted by Gasteiger charge is -2.58. The van der Waals surface area contributed by atoms with Crippen LogP contribution in [0.2, 0.25) is 0 Å². The highest BCUT2D eigenvalue weighted by Crippen LogP contribution is 2.86. The van der Waals surface area contributed by atoms with Crippen molar-refractivity contribution in [1.82, 2.24) is 0 Å². The molecular weight excluding hydrogens is 280 g/mol. The molecule has 7 atom stereocenters. The first-order chi connectivity index (χ1) is 11.2. The number of fused-ring (bicyclic) bond motifs is 4. The smallest absolute Gasteiger partial charge is 0.119 e. The van der Waals surface area contributed by atoms with Gasteiger partial charge in [0.15, 0.2) is 0 Å². The molecule has 0 aliphatic heterocycles. The van der Waals surface area contributed by atoms with Crippen molar-refractivity contribution in [2.45, 2.75) is 57.8 Å². The van der Waals surface area contributed by atoms with Crippen LogP contribution in [0.25, 0.3) is 0 Å². The quantitative estimate of drug-likeness (QED) is 0.694. The zero-order chi connectivity index (χ0) is 15.4. The molecule has 0 radical (unpaired) electrons. The summed E-state index contributed by atoms with van der Waals surface area (Å²) < 4.78 is 5.47. The predicted molar refractivity (Wildman–Crippen MR) is 91.6 cm³/mol. The van der Waals surface area contributed by atoms with Crippen LogP contribution >= 0.6 is 0 Å². The van der Waals surface area contributed by atoms with Crippen LogP contribution in [0, 0.1) is 34.5 Å². The monoisotopic (exact) mass is 308 g/mol. The molecule has 0 N–H and O–H groups in total. The van der Waals surface area contributed by atoms with Crippen LogP contribution in [0.4, 0.5) is 0 Å². The van der Waals surface area contributed by atoms with E-state index < -0.39 is 0 Å². The summed E-state index contributed by atoms with van der Waals surface area (Å²) in [6, 6.07) is 6.94. The number of methoxy groups -OCH3 is 1. The summed E-state index contributed by atoms with van der Waals surface area (Å²) in [6.45, 7) is 2.68. The molecule has 0 aromatic heterocycles. The summed E-state index contributed by atoms with van der Waals surface area (Å²) in [4.78, 5) is 0. The van der Waals surface area contributed by atoms with E-state index in [1.807, 2.05) is 0 Å². The number of ether oxygens (including phenoxy) is 1. The number of hydrogen-bond donors (Lipinski definition) is 0. The molecule has 23 heavy (non-hydrogen) atoms. The minimum Gasteiger partial charge on any atom is -0.497 e. The minimum absolute atomic E-state index is 0.681. The maximum Gasteiger partial charge on any atom is 0.119 e. The summed E-state index contributed by atoms with van der Waals surface area (Å²) in [5, 5.41) is 0. The van der Waals surface area contributed by atoms with Crippen molar-refractivity contribution < 1.29 is 4.74 Å². The standard InChI is InChI=1S/C22H28O/c1-21-9-7-16-15-5-4-14(23-2)11-13(15)3-6-19(16)22(21)10-8-17-18(12-21)20(17)22/h4-5,11,16-20H,3,6-10,12H2,1-2H3/t16?,17?,18?,19?,20?,21-,22?/m1/s1. The van der Waals surface area contributed by atoms with Crippen molar-refractivity contribution >= 4 is 0 Å². The van der Waals surface area contributed by atoms with E-state index in [2.05, 4.69) is 25.1 Å². The third kappa shape index (κ3) is 1.35. The van der Waals surface area contributed by atoms with Crippen molar-refractivity contribution in [2.24, 2.45) is 34.5 Å². The number of aryl methyl sites for hydroxylation is 1. The lowest BCUT2D eigenvalue weighted by atomic mass is 9.46. The maximum absolute atomic E-state index is 5.47. The van der Waals surface area contributed by atoms with Crippen LogP contribution in [0.5, 0.6) is 5.75 Å². The van der Waals surface area contributed by atoms with E-state index in [9.17, 15) is 0 Å². The fourth-order valence-electron chi connectivity index (χ4n) is 8.55. The molecule has 1 spiro atoms. The van der Waals surface area contributed by atoms with E-state index in [1.54, 1.807) is 37.5 Å². The van der Waals surface area contributed by atoms with Gasteiger partial charge >= 0.3 is 0 Å².